The van der Waals surface area contributed by atoms with Crippen molar-refractivity contribution in [3.05, 3.63) is 200 Å². The number of aromatic hydroxyl groups is 2. The molecule has 0 unspecified atom stereocenters. The number of rotatable bonds is 16. The van der Waals surface area contributed by atoms with Crippen LogP contribution in [0.15, 0.2) is 133 Å². The summed E-state index contributed by atoms with van der Waals surface area (Å²) in [7, 11) is 0. The van der Waals surface area contributed by atoms with Crippen LogP contribution in [0.1, 0.15) is 144 Å². The topological polar surface area (TPSA) is 168 Å². The van der Waals surface area contributed by atoms with E-state index in [0.717, 1.165) is 158 Å². The van der Waals surface area contributed by atoms with Gasteiger partial charge in [-0.15, -0.1) is 0 Å². The van der Waals surface area contributed by atoms with Crippen molar-refractivity contribution in [2.24, 2.45) is 0 Å². The molecule has 0 bridgehead atoms. The Morgan fingerprint density at radius 3 is 1.14 bits per heavy atom. The number of nitrogens with zero attached hydrogens (tertiary/aromatic N) is 2. The minimum Gasteiger partial charge on any atom is -0.508 e. The highest BCUT2D eigenvalue weighted by molar-refractivity contribution is 6.37. The molecule has 0 saturated heterocycles. The second-order valence-corrected chi connectivity index (χ2v) is 23.0. The molecule has 4 aliphatic carbocycles. The zero-order valence-electron chi connectivity index (χ0n) is 47.6. The van der Waals surface area contributed by atoms with Gasteiger partial charge in [-0.3, -0.25) is 19.2 Å². The number of benzene rings is 8. The molecule has 0 saturated carbocycles. The smallest absolute Gasteiger partial charge is 0.266 e. The molecule has 0 atom stereocenters. The summed E-state index contributed by atoms with van der Waals surface area (Å²) in [5.41, 5.74) is 19.6. The molecule has 0 fully saturated rings. The Bertz CT molecular complexity index is 4090. The zero-order valence-corrected chi connectivity index (χ0v) is 47.6. The number of anilines is 2. The molecule has 85 heavy (non-hydrogen) atoms. The Hall–Kier alpha value is -9.42. The molecule has 2 aliphatic heterocycles. The summed E-state index contributed by atoms with van der Waals surface area (Å²) in [5.74, 6) is 1.27. The molecule has 0 spiro atoms. The number of fused-ring (bicyclic) bond motifs is 20. The lowest BCUT2D eigenvalue weighted by molar-refractivity contribution is -0.117. The van der Waals surface area contributed by atoms with E-state index in [4.69, 9.17) is 9.47 Å². The Morgan fingerprint density at radius 2 is 0.776 bits per heavy atom. The van der Waals surface area contributed by atoms with Crippen LogP contribution >= 0.6 is 0 Å². The average Bonchev–Trinajstić information content (AvgIpc) is 1.73. The van der Waals surface area contributed by atoms with Gasteiger partial charge in [0.05, 0.1) is 46.8 Å². The predicted molar refractivity (Wildman–Crippen MR) is 327 cm³/mol. The largest absolute Gasteiger partial charge is 0.508 e. The van der Waals surface area contributed by atoms with Crippen LogP contribution in [0.3, 0.4) is 0 Å². The van der Waals surface area contributed by atoms with E-state index in [-0.39, 0.29) is 40.9 Å². The highest BCUT2D eigenvalue weighted by Gasteiger charge is 2.46. The lowest BCUT2D eigenvalue weighted by Crippen LogP contribution is -2.29. The molecule has 8 aromatic carbocycles. The van der Waals surface area contributed by atoms with E-state index >= 15 is 0 Å². The standard InChI is InChI=1S/C37H33NO5.C36H31NO5/c1-22(39)8-4-3-7-19-43-27-14-18-29-24(21-27)12-16-31-33(29)32-28-17-13-26(40)20-23(28)11-15-30(32)34-35(31)37(42)38(36(34)41)25-9-5-2-6-10-25;38-18-6-1-2-7-19-42-26-13-17-28-23(21-26)11-15-30-32(28)31-27-16-12-25(39)20-22(27)10-14-29(31)33-34(30)36(41)37(35(33)40)24-8-4-3-5-9-24/h2,5-6,9-10,13-14,17-18,20-21,40H,3-4,7-8,11-12,15-16,19H2,1H3;3-5,8-9,12-13,16-18,20-21,39H,1-2,6-7,10-11,14-15,19H2. The Balaban J connectivity index is 0.000000158. The van der Waals surface area contributed by atoms with Crippen LogP contribution in [0.4, 0.5) is 11.4 Å². The Morgan fingerprint density at radius 1 is 0.424 bits per heavy atom. The summed E-state index contributed by atoms with van der Waals surface area (Å²) in [6, 6.07) is 41.6. The summed E-state index contributed by atoms with van der Waals surface area (Å²) in [5, 5.41) is 20.5. The van der Waals surface area contributed by atoms with Crippen molar-refractivity contribution in [1.29, 1.82) is 0 Å². The lowest BCUT2D eigenvalue weighted by Gasteiger charge is -2.31. The van der Waals surface area contributed by atoms with Crippen molar-refractivity contribution in [3.8, 4) is 67.5 Å². The normalized spacial score (nSPS) is 14.5. The summed E-state index contributed by atoms with van der Waals surface area (Å²) < 4.78 is 12.2. The molecule has 8 aromatic rings. The van der Waals surface area contributed by atoms with E-state index in [1.165, 1.54) is 9.80 Å². The van der Waals surface area contributed by atoms with E-state index in [2.05, 4.69) is 24.3 Å². The maximum Gasteiger partial charge on any atom is 0.266 e. The number of ether oxygens (including phenoxy) is 2. The SMILES string of the molecule is CC(=O)CCCCCOc1ccc2c(c1)CCc1c3c(c4c(c1-2)-c1ccc(O)cc1CC4)C(=O)N(c1ccccc1)C3=O.O=CCCCCCOc1ccc2c(c1)CCc1c3c(c4c(c1-2)-c1ccc(O)cc1CC4)C(=O)N(c1ccccc1)C3=O. The van der Waals surface area contributed by atoms with E-state index < -0.39 is 0 Å². The molecule has 4 amide bonds. The lowest BCUT2D eigenvalue weighted by atomic mass is 9.72. The van der Waals surface area contributed by atoms with Gasteiger partial charge >= 0.3 is 0 Å². The first kappa shape index (κ1) is 54.8. The Kier molecular flexibility index (Phi) is 14.8. The van der Waals surface area contributed by atoms with Crippen molar-refractivity contribution in [1.82, 2.24) is 0 Å². The number of carbonyl (C=O) groups is 6. The van der Waals surface area contributed by atoms with Crippen molar-refractivity contribution >= 4 is 47.1 Å². The molecule has 2 N–H and O–H groups in total. The van der Waals surface area contributed by atoms with E-state index in [1.54, 1.807) is 43.3 Å². The monoisotopic (exact) mass is 1130 g/mol. The van der Waals surface area contributed by atoms with Crippen LogP contribution in [0.5, 0.6) is 23.0 Å². The van der Waals surface area contributed by atoms with Crippen molar-refractivity contribution in [2.45, 2.75) is 110 Å². The summed E-state index contributed by atoms with van der Waals surface area (Å²) in [6.07, 6.45) is 13.0. The highest BCUT2D eigenvalue weighted by Crippen LogP contribution is 2.54. The van der Waals surface area contributed by atoms with Crippen LogP contribution in [-0.2, 0) is 61.0 Å². The van der Waals surface area contributed by atoms with Crippen LogP contribution < -0.4 is 19.3 Å². The fourth-order valence-corrected chi connectivity index (χ4v) is 14.0. The van der Waals surface area contributed by atoms with Gasteiger partial charge in [0.15, 0.2) is 0 Å². The fourth-order valence-electron chi connectivity index (χ4n) is 14.0. The number of ketones is 1. The van der Waals surface area contributed by atoms with Gasteiger partial charge < -0.3 is 29.3 Å². The second-order valence-electron chi connectivity index (χ2n) is 23.0. The van der Waals surface area contributed by atoms with Crippen LogP contribution in [0.25, 0.3) is 44.5 Å². The van der Waals surface area contributed by atoms with Crippen molar-refractivity contribution < 1.29 is 48.5 Å². The second kappa shape index (κ2) is 23.0. The number of hydrogen-bond donors (Lipinski definition) is 2. The van der Waals surface area contributed by atoms with Gasteiger partial charge in [-0.2, -0.15) is 0 Å². The number of phenols is 2. The minimum atomic E-state index is -0.259. The number of phenolic OH excluding ortho intramolecular Hbond substituents is 2. The molecular formula is C73H64N2O10. The first-order chi connectivity index (χ1) is 41.5. The molecule has 2 heterocycles. The van der Waals surface area contributed by atoms with Crippen LogP contribution in [0.2, 0.25) is 0 Å². The van der Waals surface area contributed by atoms with E-state index in [1.807, 2.05) is 72.8 Å². The van der Waals surface area contributed by atoms with Gasteiger partial charge in [-0.05, 0) is 259 Å². The molecule has 12 heteroatoms. The number of hydrogen-bond acceptors (Lipinski definition) is 10. The van der Waals surface area contributed by atoms with Gasteiger partial charge in [0, 0.05) is 12.8 Å². The summed E-state index contributed by atoms with van der Waals surface area (Å²) >= 11 is 0. The first-order valence-electron chi connectivity index (χ1n) is 29.9. The number of para-hydroxylation sites is 2. The number of aryl methyl sites for hydroxylation is 4. The third-order valence-electron chi connectivity index (χ3n) is 17.8. The molecule has 6 aliphatic rings. The summed E-state index contributed by atoms with van der Waals surface area (Å²) in [6.45, 7) is 2.82. The first-order valence-corrected chi connectivity index (χ1v) is 29.9. The van der Waals surface area contributed by atoms with Crippen molar-refractivity contribution in [2.75, 3.05) is 23.0 Å². The number of amides is 4. The number of Topliss-reactive ketones (excluding diaryl/α,β-unsaturated/α-hetero) is 1. The van der Waals surface area contributed by atoms with Gasteiger partial charge in [0.2, 0.25) is 0 Å². The fraction of sp³-hybridized carbons (Fsp3) is 0.260. The third-order valence-corrected chi connectivity index (χ3v) is 17.8. The van der Waals surface area contributed by atoms with Gasteiger partial charge in [0.1, 0.15) is 35.1 Å². The molecule has 426 valence electrons. The number of imide groups is 2. The predicted octanol–water partition coefficient (Wildman–Crippen LogP) is 14.1. The third kappa shape index (κ3) is 9.86. The summed E-state index contributed by atoms with van der Waals surface area (Å²) in [4.78, 5) is 80.7. The Labute approximate surface area is 493 Å². The molecule has 14 rings (SSSR count). The van der Waals surface area contributed by atoms with Gasteiger partial charge in [-0.25, -0.2) is 9.80 Å². The van der Waals surface area contributed by atoms with Gasteiger partial charge in [0.25, 0.3) is 23.6 Å². The average molecular weight is 1130 g/mol. The highest BCUT2D eigenvalue weighted by atomic mass is 16.5. The maximum atomic E-state index is 14.1. The zero-order chi connectivity index (χ0) is 58.5. The minimum absolute atomic E-state index is 0.224. The van der Waals surface area contributed by atoms with Crippen LogP contribution in [-0.4, -0.2) is 59.1 Å². The number of aldehydes is 1. The maximum absolute atomic E-state index is 14.1. The van der Waals surface area contributed by atoms with Crippen LogP contribution in [0, 0.1) is 0 Å². The van der Waals surface area contributed by atoms with E-state index in [0.29, 0.717) is 98.2 Å². The number of carbonyl (C=O) groups excluding carboxylic acids is 6. The molecule has 12 nitrogen and oxygen atoms in total. The quantitative estimate of drug-likeness (QED) is 0.0540. The van der Waals surface area contributed by atoms with Gasteiger partial charge in [-0.1, -0.05) is 60.7 Å². The molecular weight excluding hydrogens is 1060 g/mol. The molecule has 0 aromatic heterocycles. The molecule has 0 radical (unpaired) electrons. The number of unbranched alkanes of at least 4 members (excludes halogenated alkanes) is 5. The van der Waals surface area contributed by atoms with E-state index in [9.17, 15) is 39.0 Å². The van der Waals surface area contributed by atoms with Crippen molar-refractivity contribution in [3.63, 3.8) is 0 Å².